The molecule has 0 unspecified atom stereocenters. The number of aromatic nitrogens is 5. The molecule has 1 atom stereocenters. The number of nitrogens with zero attached hydrogens (tertiary/aromatic N) is 5. The van der Waals surface area contributed by atoms with E-state index in [1.807, 2.05) is 29.2 Å². The number of halogens is 1. The van der Waals surface area contributed by atoms with Crippen molar-refractivity contribution in [1.29, 1.82) is 0 Å². The van der Waals surface area contributed by atoms with Crippen LogP contribution >= 0.6 is 11.6 Å². The first-order valence-corrected chi connectivity index (χ1v) is 12.3. The molecule has 2 fully saturated rings. The van der Waals surface area contributed by atoms with Gasteiger partial charge < -0.3 is 9.88 Å². The average molecular weight is 469 g/mol. The molecule has 5 rings (SSSR count). The third-order valence-corrected chi connectivity index (χ3v) is 7.25. The van der Waals surface area contributed by atoms with Gasteiger partial charge in [-0.25, -0.2) is 9.67 Å². The zero-order valence-corrected chi connectivity index (χ0v) is 19.4. The van der Waals surface area contributed by atoms with Crippen molar-refractivity contribution in [3.8, 4) is 0 Å². The van der Waals surface area contributed by atoms with Crippen LogP contribution in [0.2, 0.25) is 5.02 Å². The third kappa shape index (κ3) is 4.95. The van der Waals surface area contributed by atoms with Gasteiger partial charge in [-0.3, -0.25) is 9.59 Å². The smallest absolute Gasteiger partial charge is 0.281 e. The molecule has 3 aromatic rings. The summed E-state index contributed by atoms with van der Waals surface area (Å²) < 4.78 is 1.63. The topological polar surface area (TPSA) is 96.8 Å². The molecule has 8 nitrogen and oxygen atoms in total. The lowest BCUT2D eigenvalue weighted by Crippen LogP contribution is -2.40. The number of H-pyrrole nitrogens is 1. The number of likely N-dealkylation sites (tertiary alicyclic amines) is 1. The van der Waals surface area contributed by atoms with E-state index in [4.69, 9.17) is 16.6 Å². The number of rotatable bonds is 6. The summed E-state index contributed by atoms with van der Waals surface area (Å²) in [5, 5.41) is 8.83. The Kier molecular flexibility index (Phi) is 6.44. The molecule has 1 aliphatic carbocycles. The van der Waals surface area contributed by atoms with Crippen LogP contribution in [0.3, 0.4) is 0 Å². The van der Waals surface area contributed by atoms with E-state index in [1.165, 1.54) is 25.7 Å². The summed E-state index contributed by atoms with van der Waals surface area (Å²) in [6, 6.07) is 7.50. The number of carbonyl (C=O) groups is 1. The highest BCUT2D eigenvalue weighted by molar-refractivity contribution is 6.30. The lowest BCUT2D eigenvalue weighted by atomic mass is 9.96. The maximum Gasteiger partial charge on any atom is 0.281 e. The maximum atomic E-state index is 12.9. The van der Waals surface area contributed by atoms with Crippen molar-refractivity contribution >= 4 is 28.7 Å². The number of piperidine rings is 1. The fourth-order valence-corrected chi connectivity index (χ4v) is 5.42. The van der Waals surface area contributed by atoms with Crippen molar-refractivity contribution in [2.24, 2.45) is 5.92 Å². The molecule has 0 spiro atoms. The van der Waals surface area contributed by atoms with E-state index in [0.29, 0.717) is 41.9 Å². The minimum absolute atomic E-state index is 0.000741. The number of hydrogen-bond acceptors (Lipinski definition) is 5. The number of aromatic amines is 1. The summed E-state index contributed by atoms with van der Waals surface area (Å²) in [6.07, 6.45) is 8.53. The van der Waals surface area contributed by atoms with E-state index in [-0.39, 0.29) is 22.9 Å². The van der Waals surface area contributed by atoms with Gasteiger partial charge in [-0.1, -0.05) is 54.6 Å². The van der Waals surface area contributed by atoms with Gasteiger partial charge in [0.2, 0.25) is 5.91 Å². The van der Waals surface area contributed by atoms with E-state index >= 15 is 0 Å². The molecule has 1 saturated heterocycles. The van der Waals surface area contributed by atoms with Crippen LogP contribution in [0.5, 0.6) is 0 Å². The van der Waals surface area contributed by atoms with E-state index < -0.39 is 0 Å². The van der Waals surface area contributed by atoms with Crippen molar-refractivity contribution in [3.05, 3.63) is 51.0 Å². The molecule has 9 heteroatoms. The highest BCUT2D eigenvalue weighted by Crippen LogP contribution is 2.30. The Morgan fingerprint density at radius 3 is 2.85 bits per heavy atom. The fourth-order valence-electron chi connectivity index (χ4n) is 5.20. The summed E-state index contributed by atoms with van der Waals surface area (Å²) >= 11 is 6.11. The van der Waals surface area contributed by atoms with E-state index in [9.17, 15) is 9.59 Å². The molecule has 0 bridgehead atoms. The van der Waals surface area contributed by atoms with Crippen molar-refractivity contribution in [2.45, 2.75) is 63.8 Å². The zero-order chi connectivity index (χ0) is 22.8. The van der Waals surface area contributed by atoms with Crippen molar-refractivity contribution in [3.63, 3.8) is 0 Å². The van der Waals surface area contributed by atoms with Crippen LogP contribution in [0.25, 0.3) is 11.2 Å². The molecule has 2 aliphatic rings. The first-order valence-electron chi connectivity index (χ1n) is 11.9. The average Bonchev–Trinajstić information content (AvgIpc) is 3.48. The minimum Gasteiger partial charge on any atom is -0.342 e. The lowest BCUT2D eigenvalue weighted by Gasteiger charge is -2.32. The number of carbonyl (C=O) groups excluding carboxylic acids is 1. The Bertz CT molecular complexity index is 1200. The van der Waals surface area contributed by atoms with Crippen LogP contribution < -0.4 is 5.56 Å². The predicted molar refractivity (Wildman–Crippen MR) is 126 cm³/mol. The van der Waals surface area contributed by atoms with Gasteiger partial charge in [0.15, 0.2) is 11.2 Å². The Labute approximate surface area is 197 Å². The van der Waals surface area contributed by atoms with Crippen LogP contribution in [-0.2, 0) is 11.3 Å². The summed E-state index contributed by atoms with van der Waals surface area (Å²) in [7, 11) is 0. The fraction of sp³-hybridized carbons (Fsp3) is 0.542. The molecule has 33 heavy (non-hydrogen) atoms. The van der Waals surface area contributed by atoms with Gasteiger partial charge in [-0.15, -0.1) is 5.10 Å². The van der Waals surface area contributed by atoms with Gasteiger partial charge in [-0.05, 0) is 42.9 Å². The number of nitrogens with one attached hydrogen (secondary N) is 1. The molecule has 0 radical (unpaired) electrons. The van der Waals surface area contributed by atoms with Crippen LogP contribution in [0.15, 0.2) is 29.1 Å². The highest BCUT2D eigenvalue weighted by atomic mass is 35.5. The van der Waals surface area contributed by atoms with Crippen LogP contribution in [0.1, 0.15) is 68.7 Å². The second kappa shape index (κ2) is 9.63. The number of benzene rings is 1. The number of fused-ring (bicyclic) bond motifs is 1. The van der Waals surface area contributed by atoms with E-state index in [1.54, 1.807) is 4.68 Å². The monoisotopic (exact) mass is 468 g/mol. The third-order valence-electron chi connectivity index (χ3n) is 7.02. The molecule has 2 aromatic heterocycles. The molecule has 1 aromatic carbocycles. The summed E-state index contributed by atoms with van der Waals surface area (Å²) in [6.45, 7) is 1.79. The molecule has 174 valence electrons. The van der Waals surface area contributed by atoms with Gasteiger partial charge >= 0.3 is 0 Å². The Hall–Kier alpha value is -2.74. The SMILES string of the molecule is O=C(CCC1CCCC1)N1CCC[C@@H](c2nc3c(nnn3Cc3cccc(Cl)c3)c(=O)[nH]2)C1. The summed E-state index contributed by atoms with van der Waals surface area (Å²) in [5.41, 5.74) is 1.34. The molecule has 1 aliphatic heterocycles. The van der Waals surface area contributed by atoms with Gasteiger partial charge in [0, 0.05) is 30.5 Å². The van der Waals surface area contributed by atoms with Crippen molar-refractivity contribution in [1.82, 2.24) is 29.9 Å². The quantitative estimate of drug-likeness (QED) is 0.591. The Morgan fingerprint density at radius 2 is 2.03 bits per heavy atom. The molecule has 3 heterocycles. The van der Waals surface area contributed by atoms with E-state index in [2.05, 4.69) is 15.3 Å². The van der Waals surface area contributed by atoms with Gasteiger partial charge in [0.1, 0.15) is 5.82 Å². The Morgan fingerprint density at radius 1 is 1.18 bits per heavy atom. The zero-order valence-electron chi connectivity index (χ0n) is 18.7. The molecular formula is C24H29ClN6O2. The molecule has 1 saturated carbocycles. The summed E-state index contributed by atoms with van der Waals surface area (Å²) in [5.74, 6) is 1.54. The van der Waals surface area contributed by atoms with Gasteiger partial charge in [-0.2, -0.15) is 0 Å². The van der Waals surface area contributed by atoms with Crippen LogP contribution in [0.4, 0.5) is 0 Å². The maximum absolute atomic E-state index is 12.9. The lowest BCUT2D eigenvalue weighted by molar-refractivity contribution is -0.132. The van der Waals surface area contributed by atoms with Gasteiger partial charge in [0.05, 0.1) is 6.54 Å². The van der Waals surface area contributed by atoms with Crippen molar-refractivity contribution < 1.29 is 4.79 Å². The largest absolute Gasteiger partial charge is 0.342 e. The molecule has 1 amide bonds. The first kappa shape index (κ1) is 22.1. The predicted octanol–water partition coefficient (Wildman–Crippen LogP) is 3.89. The first-order chi connectivity index (χ1) is 16.1. The number of hydrogen-bond donors (Lipinski definition) is 1. The standard InChI is InChI=1S/C24H29ClN6O2/c25-19-9-3-7-17(13-19)14-31-23-21(28-29-31)24(33)27-22(26-23)18-8-4-12-30(15-18)20(32)11-10-16-5-1-2-6-16/h3,7,9,13,16,18H,1-2,4-6,8,10-12,14-15H2,(H,26,27,33)/t18-/m1/s1. The van der Waals surface area contributed by atoms with Crippen molar-refractivity contribution in [2.75, 3.05) is 13.1 Å². The second-order valence-corrected chi connectivity index (χ2v) is 9.80. The molecular weight excluding hydrogens is 440 g/mol. The van der Waals surface area contributed by atoms with Crippen LogP contribution in [0, 0.1) is 5.92 Å². The normalized spacial score (nSPS) is 19.4. The second-order valence-electron chi connectivity index (χ2n) is 9.37. The van der Waals surface area contributed by atoms with E-state index in [0.717, 1.165) is 31.4 Å². The van der Waals surface area contributed by atoms with Crippen LogP contribution in [-0.4, -0.2) is 48.9 Å². The highest BCUT2D eigenvalue weighted by Gasteiger charge is 2.28. The molecule has 1 N–H and O–H groups in total. The van der Waals surface area contributed by atoms with Gasteiger partial charge in [0.25, 0.3) is 5.56 Å². The minimum atomic E-state index is -0.294. The Balaban J connectivity index is 1.33. The summed E-state index contributed by atoms with van der Waals surface area (Å²) in [4.78, 5) is 35.2. The number of amides is 1.